The van der Waals surface area contributed by atoms with Crippen molar-refractivity contribution in [3.8, 4) is 28.7 Å². The lowest BCUT2D eigenvalue weighted by atomic mass is 9.91. The van der Waals surface area contributed by atoms with Gasteiger partial charge in [-0.2, -0.15) is 0 Å². The van der Waals surface area contributed by atoms with Gasteiger partial charge in [0.15, 0.2) is 35.4 Å². The van der Waals surface area contributed by atoms with Gasteiger partial charge in [0.25, 0.3) is 0 Å². The maximum absolute atomic E-state index is 12.9. The number of nitrogens with zero attached hydrogens (tertiary/aromatic N) is 1. The van der Waals surface area contributed by atoms with Crippen molar-refractivity contribution < 1.29 is 47.5 Å². The average molecular weight is 598 g/mol. The molecule has 0 fully saturated rings. The van der Waals surface area contributed by atoms with Crippen LogP contribution >= 0.6 is 0 Å². The van der Waals surface area contributed by atoms with Gasteiger partial charge in [-0.1, -0.05) is 6.07 Å². The highest BCUT2D eigenvalue weighted by atomic mass is 16.6. The average Bonchev–Trinajstić information content (AvgIpc) is 3.03. The molecule has 12 nitrogen and oxygen atoms in total. The molecular weight excluding hydrogens is 562 g/mol. The second-order valence-corrected chi connectivity index (χ2v) is 9.83. The number of benzene rings is 2. The Bertz CT molecular complexity index is 1530. The van der Waals surface area contributed by atoms with Crippen molar-refractivity contribution in [2.24, 2.45) is 0 Å². The molecule has 3 aromatic rings. The largest absolute Gasteiger partial charge is 0.502 e. The first-order valence-electron chi connectivity index (χ1n) is 13.5. The molecule has 0 bridgehead atoms. The summed E-state index contributed by atoms with van der Waals surface area (Å²) in [5.41, 5.74) is 2.06. The van der Waals surface area contributed by atoms with Crippen LogP contribution in [0.15, 0.2) is 45.6 Å². The van der Waals surface area contributed by atoms with Crippen molar-refractivity contribution in [3.05, 3.63) is 74.8 Å². The maximum atomic E-state index is 12.9. The Morgan fingerprint density at radius 1 is 0.884 bits per heavy atom. The molecule has 0 amide bonds. The summed E-state index contributed by atoms with van der Waals surface area (Å²) in [5.74, 6) is -0.617. The minimum atomic E-state index is -0.900. The summed E-state index contributed by atoms with van der Waals surface area (Å²) in [7, 11) is 7.09. The van der Waals surface area contributed by atoms with Crippen LogP contribution in [0.2, 0.25) is 0 Å². The Morgan fingerprint density at radius 2 is 1.53 bits per heavy atom. The van der Waals surface area contributed by atoms with Crippen LogP contribution in [0.4, 0.5) is 0 Å². The monoisotopic (exact) mass is 597 g/mol. The minimum Gasteiger partial charge on any atom is -0.502 e. The van der Waals surface area contributed by atoms with E-state index in [-0.39, 0.29) is 36.8 Å². The summed E-state index contributed by atoms with van der Waals surface area (Å²) in [6.45, 7) is 1.21. The number of carbonyl (C=O) groups is 2. The van der Waals surface area contributed by atoms with E-state index in [9.17, 15) is 19.5 Å². The molecular formula is C31H35NO11. The van der Waals surface area contributed by atoms with Gasteiger partial charge in [-0.3, -0.25) is 14.5 Å². The minimum absolute atomic E-state index is 0.0815. The van der Waals surface area contributed by atoms with Crippen LogP contribution in [-0.4, -0.2) is 70.6 Å². The van der Waals surface area contributed by atoms with Crippen LogP contribution in [-0.2, 0) is 38.6 Å². The van der Waals surface area contributed by atoms with Crippen LogP contribution in [0, 0.1) is 0 Å². The van der Waals surface area contributed by atoms with Gasteiger partial charge in [0, 0.05) is 19.2 Å². The van der Waals surface area contributed by atoms with E-state index in [4.69, 9.17) is 28.1 Å². The van der Waals surface area contributed by atoms with Crippen LogP contribution in [0.5, 0.6) is 28.7 Å². The van der Waals surface area contributed by atoms with Crippen molar-refractivity contribution in [1.82, 2.24) is 4.90 Å². The fourth-order valence-corrected chi connectivity index (χ4v) is 4.99. The predicted molar refractivity (Wildman–Crippen MR) is 153 cm³/mol. The number of esters is 2. The highest BCUT2D eigenvalue weighted by Crippen LogP contribution is 2.38. The first-order valence-corrected chi connectivity index (χ1v) is 13.5. The molecule has 2 heterocycles. The fraction of sp³-hybridized carbons (Fsp3) is 0.387. The Morgan fingerprint density at radius 3 is 2.19 bits per heavy atom. The summed E-state index contributed by atoms with van der Waals surface area (Å²) in [6, 6.07) is 9.92. The molecule has 4 rings (SSSR count). The highest BCUT2D eigenvalue weighted by Gasteiger charge is 2.29. The maximum Gasteiger partial charge on any atom is 0.343 e. The van der Waals surface area contributed by atoms with Gasteiger partial charge >= 0.3 is 11.9 Å². The normalized spacial score (nSPS) is 13.4. The third-order valence-corrected chi connectivity index (χ3v) is 7.25. The van der Waals surface area contributed by atoms with Gasteiger partial charge in [0.2, 0.25) is 11.2 Å². The predicted octanol–water partition coefficient (Wildman–Crippen LogP) is 3.18. The fourth-order valence-electron chi connectivity index (χ4n) is 4.99. The van der Waals surface area contributed by atoms with E-state index in [1.165, 1.54) is 27.4 Å². The Hall–Kier alpha value is -4.71. The molecule has 0 spiro atoms. The second kappa shape index (κ2) is 14.0. The Labute approximate surface area is 248 Å². The van der Waals surface area contributed by atoms with Crippen molar-refractivity contribution in [2.45, 2.75) is 31.8 Å². The van der Waals surface area contributed by atoms with Gasteiger partial charge in [0.05, 0.1) is 54.4 Å². The molecule has 0 radical (unpaired) electrons. The molecule has 0 aliphatic carbocycles. The summed E-state index contributed by atoms with van der Waals surface area (Å²) in [6.07, 6.45) is 0.515. The molecule has 1 aromatic heterocycles. The zero-order chi connectivity index (χ0) is 31.1. The molecule has 1 atom stereocenters. The number of methoxy groups -OCH3 is 5. The molecule has 2 aromatic carbocycles. The number of carbonyl (C=O) groups excluding carboxylic acids is 2. The van der Waals surface area contributed by atoms with E-state index in [1.54, 1.807) is 32.4 Å². The van der Waals surface area contributed by atoms with Crippen molar-refractivity contribution in [1.29, 1.82) is 0 Å². The number of hydrogen-bond donors (Lipinski definition) is 1. The molecule has 230 valence electrons. The second-order valence-electron chi connectivity index (χ2n) is 9.83. The van der Waals surface area contributed by atoms with Gasteiger partial charge in [0.1, 0.15) is 5.76 Å². The summed E-state index contributed by atoms with van der Waals surface area (Å²) in [5, 5.41) is 10.8. The van der Waals surface area contributed by atoms with Crippen LogP contribution in [0.25, 0.3) is 0 Å². The number of fused-ring (bicyclic) bond motifs is 1. The summed E-state index contributed by atoms with van der Waals surface area (Å²) < 4.78 is 37.5. The molecule has 12 heteroatoms. The number of rotatable bonds is 12. The zero-order valence-corrected chi connectivity index (χ0v) is 24.8. The van der Waals surface area contributed by atoms with Crippen molar-refractivity contribution >= 4 is 11.9 Å². The van der Waals surface area contributed by atoms with Gasteiger partial charge < -0.3 is 37.9 Å². The Kier molecular flexibility index (Phi) is 10.1. The molecule has 1 aliphatic heterocycles. The number of ether oxygens (including phenoxy) is 6. The SMILES string of the molecule is COC(=O)COc1ccc([C@H](CC(=O)OC)c2oc(CN3CCc4cc(OC)c(OC)cc4C3)cc(=O)c2O)cc1OC. The third-order valence-electron chi connectivity index (χ3n) is 7.25. The van der Waals surface area contributed by atoms with E-state index in [1.807, 2.05) is 12.1 Å². The van der Waals surface area contributed by atoms with Crippen molar-refractivity contribution in [3.63, 3.8) is 0 Å². The molecule has 0 unspecified atom stereocenters. The van der Waals surface area contributed by atoms with E-state index in [0.29, 0.717) is 35.9 Å². The van der Waals surface area contributed by atoms with Crippen LogP contribution < -0.4 is 24.4 Å². The zero-order valence-electron chi connectivity index (χ0n) is 24.8. The van der Waals surface area contributed by atoms with Crippen LogP contribution in [0.3, 0.4) is 0 Å². The first kappa shape index (κ1) is 31.2. The summed E-state index contributed by atoms with van der Waals surface area (Å²) in [4.78, 5) is 39.0. The molecule has 1 aliphatic rings. The molecule has 0 saturated carbocycles. The quantitative estimate of drug-likeness (QED) is 0.306. The van der Waals surface area contributed by atoms with E-state index < -0.39 is 29.0 Å². The molecule has 1 N–H and O–H groups in total. The van der Waals surface area contributed by atoms with Gasteiger partial charge in [-0.25, -0.2) is 4.79 Å². The van der Waals surface area contributed by atoms with Crippen LogP contribution in [0.1, 0.15) is 40.5 Å². The highest BCUT2D eigenvalue weighted by molar-refractivity contribution is 5.72. The lowest BCUT2D eigenvalue weighted by Gasteiger charge is -2.29. The first-order chi connectivity index (χ1) is 20.7. The van der Waals surface area contributed by atoms with E-state index >= 15 is 0 Å². The van der Waals surface area contributed by atoms with Gasteiger partial charge in [-0.05, 0) is 47.4 Å². The van der Waals surface area contributed by atoms with Crippen molar-refractivity contribution in [2.75, 3.05) is 48.7 Å². The number of hydrogen-bond acceptors (Lipinski definition) is 12. The van der Waals surface area contributed by atoms with Gasteiger partial charge in [-0.15, -0.1) is 0 Å². The topological polar surface area (TPSA) is 143 Å². The molecule has 43 heavy (non-hydrogen) atoms. The molecule has 0 saturated heterocycles. The smallest absolute Gasteiger partial charge is 0.343 e. The lowest BCUT2D eigenvalue weighted by molar-refractivity contribution is -0.143. The standard InChI is InChI=1S/C31H35NO11/c1-37-25-11-19(6-7-24(25)42-17-29(35)41-5)22(14-28(34)40-4)31-30(36)23(33)13-21(43-31)16-32-9-8-18-10-26(38-2)27(39-3)12-20(18)15-32/h6-7,10-13,22,36H,8-9,14-17H2,1-5H3/t22-/m0/s1. The Balaban J connectivity index is 1.65. The lowest BCUT2D eigenvalue weighted by Crippen LogP contribution is -2.30. The summed E-state index contributed by atoms with van der Waals surface area (Å²) >= 11 is 0. The van der Waals surface area contributed by atoms with E-state index in [0.717, 1.165) is 17.5 Å². The third kappa shape index (κ3) is 7.20. The number of aromatic hydroxyl groups is 1. The van der Waals surface area contributed by atoms with E-state index in [2.05, 4.69) is 9.64 Å².